The van der Waals surface area contributed by atoms with Crippen molar-refractivity contribution in [3.63, 3.8) is 0 Å². The van der Waals surface area contributed by atoms with Gasteiger partial charge in [0.25, 0.3) is 0 Å². The molecule has 0 amide bonds. The van der Waals surface area contributed by atoms with Crippen LogP contribution in [-0.2, 0) is 23.7 Å². The quantitative estimate of drug-likeness (QED) is 0.532. The maximum absolute atomic E-state index is 11.3. The van der Waals surface area contributed by atoms with Crippen molar-refractivity contribution in [2.45, 2.75) is 77.0 Å². The number of rotatable bonds is 7. The van der Waals surface area contributed by atoms with Gasteiger partial charge in [0.2, 0.25) is 6.29 Å². The normalized spacial score (nSPS) is 31.7. The highest BCUT2D eigenvalue weighted by molar-refractivity contribution is 5.66. The summed E-state index contributed by atoms with van der Waals surface area (Å²) < 4.78 is 22.9. The van der Waals surface area contributed by atoms with Crippen LogP contribution in [-0.4, -0.2) is 43.8 Å². The first-order valence-corrected chi connectivity index (χ1v) is 8.65. The zero-order valence-electron chi connectivity index (χ0n) is 14.2. The van der Waals surface area contributed by atoms with Crippen molar-refractivity contribution in [2.75, 3.05) is 13.2 Å². The van der Waals surface area contributed by atoms with Crippen molar-refractivity contribution >= 4 is 5.97 Å². The van der Waals surface area contributed by atoms with Crippen LogP contribution in [0.4, 0.5) is 0 Å². The molecule has 1 aliphatic carbocycles. The molecule has 2 fully saturated rings. The highest BCUT2D eigenvalue weighted by atomic mass is 16.7. The molecule has 1 saturated heterocycles. The first-order chi connectivity index (χ1) is 11.2. The maximum Gasteiger partial charge on any atom is 0.305 e. The fourth-order valence-corrected chi connectivity index (χ4v) is 3.40. The summed E-state index contributed by atoms with van der Waals surface area (Å²) in [6.45, 7) is 4.23. The third-order valence-corrected chi connectivity index (χ3v) is 4.56. The SMILES string of the molecule is C#CCO[C@H]1[C@H](OC(C)=O)O[C@H](CC)[C@H]1OCC1CCCCC1. The lowest BCUT2D eigenvalue weighted by molar-refractivity contribution is -0.190. The smallest absolute Gasteiger partial charge is 0.305 e. The van der Waals surface area contributed by atoms with E-state index >= 15 is 0 Å². The molecule has 0 spiro atoms. The molecule has 1 heterocycles. The van der Waals surface area contributed by atoms with Crippen LogP contribution in [0.15, 0.2) is 0 Å². The molecule has 0 N–H and O–H groups in total. The van der Waals surface area contributed by atoms with Crippen molar-refractivity contribution in [3.05, 3.63) is 0 Å². The zero-order valence-corrected chi connectivity index (χ0v) is 14.2. The van der Waals surface area contributed by atoms with Gasteiger partial charge in [-0.05, 0) is 25.2 Å². The molecule has 0 aromatic carbocycles. The van der Waals surface area contributed by atoms with E-state index < -0.39 is 18.4 Å². The lowest BCUT2D eigenvalue weighted by atomic mass is 9.90. The highest BCUT2D eigenvalue weighted by Crippen LogP contribution is 2.31. The molecule has 0 bridgehead atoms. The molecule has 1 saturated carbocycles. The van der Waals surface area contributed by atoms with Crippen molar-refractivity contribution in [1.82, 2.24) is 0 Å². The summed E-state index contributed by atoms with van der Waals surface area (Å²) in [7, 11) is 0. The van der Waals surface area contributed by atoms with E-state index in [1.165, 1.54) is 39.0 Å². The molecule has 0 aromatic heterocycles. The van der Waals surface area contributed by atoms with Crippen LogP contribution in [0.3, 0.4) is 0 Å². The van der Waals surface area contributed by atoms with Crippen LogP contribution < -0.4 is 0 Å². The van der Waals surface area contributed by atoms with Crippen LogP contribution in [0.2, 0.25) is 0 Å². The predicted molar refractivity (Wildman–Crippen MR) is 85.6 cm³/mol. The minimum absolute atomic E-state index is 0.144. The maximum atomic E-state index is 11.3. The Morgan fingerprint density at radius 3 is 2.57 bits per heavy atom. The van der Waals surface area contributed by atoms with Gasteiger partial charge in [-0.25, -0.2) is 0 Å². The summed E-state index contributed by atoms with van der Waals surface area (Å²) in [5.74, 6) is 2.66. The third-order valence-electron chi connectivity index (χ3n) is 4.56. The number of hydrogen-bond acceptors (Lipinski definition) is 5. The summed E-state index contributed by atoms with van der Waals surface area (Å²) in [6.07, 6.45) is 10.8. The molecule has 130 valence electrons. The number of carbonyl (C=O) groups excluding carboxylic acids is 1. The van der Waals surface area contributed by atoms with Crippen LogP contribution in [0.5, 0.6) is 0 Å². The van der Waals surface area contributed by atoms with E-state index in [0.29, 0.717) is 12.5 Å². The second kappa shape index (κ2) is 9.27. The molecule has 1 aliphatic heterocycles. The average molecular weight is 324 g/mol. The van der Waals surface area contributed by atoms with Gasteiger partial charge in [0, 0.05) is 6.92 Å². The van der Waals surface area contributed by atoms with Crippen LogP contribution in [0.1, 0.15) is 52.4 Å². The van der Waals surface area contributed by atoms with Gasteiger partial charge in [0.15, 0.2) is 0 Å². The first kappa shape index (κ1) is 18.3. The van der Waals surface area contributed by atoms with Gasteiger partial charge in [-0.2, -0.15) is 0 Å². The standard InChI is InChI=1S/C18H28O5/c1-4-11-20-17-16(21-12-14-9-7-6-8-10-14)15(5-2)23-18(17)22-13(3)19/h1,14-18H,5-12H2,2-3H3/t15-,16-,17-,18-/m1/s1. The van der Waals surface area contributed by atoms with Crippen LogP contribution >= 0.6 is 0 Å². The van der Waals surface area contributed by atoms with Gasteiger partial charge >= 0.3 is 5.97 Å². The largest absolute Gasteiger partial charge is 0.433 e. The van der Waals surface area contributed by atoms with E-state index in [1.54, 1.807) is 0 Å². The molecule has 2 rings (SSSR count). The third kappa shape index (κ3) is 5.20. The summed E-state index contributed by atoms with van der Waals surface area (Å²) in [4.78, 5) is 11.3. The van der Waals surface area contributed by atoms with E-state index in [9.17, 15) is 4.79 Å². The molecule has 23 heavy (non-hydrogen) atoms. The van der Waals surface area contributed by atoms with E-state index in [4.69, 9.17) is 25.4 Å². The van der Waals surface area contributed by atoms with Gasteiger partial charge in [0.1, 0.15) is 18.8 Å². The number of terminal acetylenes is 1. The summed E-state index contributed by atoms with van der Waals surface area (Å²) in [5.41, 5.74) is 0. The zero-order chi connectivity index (χ0) is 16.7. The minimum Gasteiger partial charge on any atom is -0.433 e. The van der Waals surface area contributed by atoms with Crippen LogP contribution in [0, 0.1) is 18.3 Å². The van der Waals surface area contributed by atoms with Crippen molar-refractivity contribution in [3.8, 4) is 12.3 Å². The van der Waals surface area contributed by atoms with Gasteiger partial charge < -0.3 is 18.9 Å². The summed E-state index contributed by atoms with van der Waals surface area (Å²) >= 11 is 0. The Morgan fingerprint density at radius 2 is 1.96 bits per heavy atom. The molecule has 0 aromatic rings. The van der Waals surface area contributed by atoms with Crippen molar-refractivity contribution in [1.29, 1.82) is 0 Å². The molecule has 2 aliphatic rings. The van der Waals surface area contributed by atoms with E-state index in [1.807, 2.05) is 6.92 Å². The summed E-state index contributed by atoms with van der Waals surface area (Å²) in [6, 6.07) is 0. The van der Waals surface area contributed by atoms with Gasteiger partial charge in [-0.15, -0.1) is 6.42 Å². The van der Waals surface area contributed by atoms with Crippen molar-refractivity contribution < 1.29 is 23.7 Å². The van der Waals surface area contributed by atoms with Gasteiger partial charge in [0.05, 0.1) is 12.7 Å². The van der Waals surface area contributed by atoms with Gasteiger partial charge in [-0.1, -0.05) is 32.1 Å². The molecule has 4 atom stereocenters. The highest BCUT2D eigenvalue weighted by Gasteiger charge is 2.47. The second-order valence-corrected chi connectivity index (χ2v) is 6.34. The van der Waals surface area contributed by atoms with E-state index in [-0.39, 0.29) is 18.8 Å². The Hall–Kier alpha value is -1.09. The number of hydrogen-bond donors (Lipinski definition) is 0. The van der Waals surface area contributed by atoms with Gasteiger partial charge in [-0.3, -0.25) is 4.79 Å². The molecule has 5 heteroatoms. The molecule has 0 unspecified atom stereocenters. The monoisotopic (exact) mass is 324 g/mol. The number of carbonyl (C=O) groups is 1. The summed E-state index contributed by atoms with van der Waals surface area (Å²) in [5, 5.41) is 0. The first-order valence-electron chi connectivity index (χ1n) is 8.65. The lowest BCUT2D eigenvalue weighted by Crippen LogP contribution is -2.40. The fraction of sp³-hybridized carbons (Fsp3) is 0.833. The van der Waals surface area contributed by atoms with E-state index in [0.717, 1.165) is 6.42 Å². The Kier molecular flexibility index (Phi) is 7.35. The van der Waals surface area contributed by atoms with E-state index in [2.05, 4.69) is 5.92 Å². The average Bonchev–Trinajstić information content (AvgIpc) is 2.87. The molecule has 0 radical (unpaired) electrons. The Balaban J connectivity index is 1.98. The second-order valence-electron chi connectivity index (χ2n) is 6.34. The Labute approximate surface area is 139 Å². The molecule has 5 nitrogen and oxygen atoms in total. The Morgan fingerprint density at radius 1 is 1.22 bits per heavy atom. The lowest BCUT2D eigenvalue weighted by Gasteiger charge is -2.27. The number of esters is 1. The molecular weight excluding hydrogens is 296 g/mol. The van der Waals surface area contributed by atoms with Crippen LogP contribution in [0.25, 0.3) is 0 Å². The topological polar surface area (TPSA) is 54.0 Å². The van der Waals surface area contributed by atoms with Crippen molar-refractivity contribution in [2.24, 2.45) is 5.92 Å². The molecular formula is C18H28O5. The predicted octanol–water partition coefficient (Wildman–Crippen LogP) is 2.67. The number of ether oxygens (including phenoxy) is 4. The fourth-order valence-electron chi connectivity index (χ4n) is 3.40. The minimum atomic E-state index is -0.748. The Bertz CT molecular complexity index is 410.